The molecule has 19 heavy (non-hydrogen) atoms. The summed E-state index contributed by atoms with van der Waals surface area (Å²) >= 11 is 0. The number of methoxy groups -OCH3 is 1. The first-order chi connectivity index (χ1) is 9.22. The molecule has 0 aliphatic carbocycles. The molecule has 1 aliphatic rings. The Labute approximate surface area is 113 Å². The molecule has 1 aromatic heterocycles. The third-order valence-electron chi connectivity index (χ3n) is 3.65. The SMILES string of the molecule is CCCn1ncnc1CC(=O)C1(OC)CCOCC1. The van der Waals surface area contributed by atoms with Crippen LogP contribution in [0.4, 0.5) is 0 Å². The summed E-state index contributed by atoms with van der Waals surface area (Å²) in [4.78, 5) is 16.7. The Hall–Kier alpha value is -1.27. The summed E-state index contributed by atoms with van der Waals surface area (Å²) in [6.45, 7) is 4.00. The van der Waals surface area contributed by atoms with E-state index in [1.165, 1.54) is 6.33 Å². The summed E-state index contributed by atoms with van der Waals surface area (Å²) in [6.07, 6.45) is 3.97. The van der Waals surface area contributed by atoms with Gasteiger partial charge in [-0.1, -0.05) is 6.92 Å². The molecule has 1 aromatic rings. The van der Waals surface area contributed by atoms with Crippen molar-refractivity contribution in [3.05, 3.63) is 12.2 Å². The van der Waals surface area contributed by atoms with Crippen LogP contribution < -0.4 is 0 Å². The van der Waals surface area contributed by atoms with E-state index in [1.54, 1.807) is 11.8 Å². The highest BCUT2D eigenvalue weighted by Gasteiger charge is 2.40. The van der Waals surface area contributed by atoms with Gasteiger partial charge in [-0.3, -0.25) is 4.79 Å². The molecule has 0 aromatic carbocycles. The van der Waals surface area contributed by atoms with E-state index in [-0.39, 0.29) is 12.2 Å². The molecule has 0 unspecified atom stereocenters. The lowest BCUT2D eigenvalue weighted by atomic mass is 9.87. The molecule has 6 heteroatoms. The highest BCUT2D eigenvalue weighted by atomic mass is 16.5. The molecule has 6 nitrogen and oxygen atoms in total. The minimum Gasteiger partial charge on any atom is -0.381 e. The summed E-state index contributed by atoms with van der Waals surface area (Å²) in [5.74, 6) is 0.790. The van der Waals surface area contributed by atoms with Gasteiger partial charge < -0.3 is 9.47 Å². The van der Waals surface area contributed by atoms with Crippen molar-refractivity contribution in [3.63, 3.8) is 0 Å². The zero-order valence-corrected chi connectivity index (χ0v) is 11.6. The van der Waals surface area contributed by atoms with Crippen LogP contribution in [-0.4, -0.2) is 46.5 Å². The van der Waals surface area contributed by atoms with Gasteiger partial charge in [-0.05, 0) is 6.42 Å². The number of ketones is 1. The fraction of sp³-hybridized carbons (Fsp3) is 0.769. The number of carbonyl (C=O) groups is 1. The molecule has 106 valence electrons. The standard InChI is InChI=1S/C13H21N3O3/c1-3-6-16-12(14-10-15-16)9-11(17)13(18-2)4-7-19-8-5-13/h10H,3-9H2,1-2H3. The van der Waals surface area contributed by atoms with E-state index >= 15 is 0 Å². The number of rotatable bonds is 6. The third kappa shape index (κ3) is 3.01. The molecule has 0 N–H and O–H groups in total. The molecule has 0 saturated carbocycles. The van der Waals surface area contributed by atoms with Crippen LogP contribution >= 0.6 is 0 Å². The van der Waals surface area contributed by atoms with Crippen molar-refractivity contribution in [1.29, 1.82) is 0 Å². The van der Waals surface area contributed by atoms with Gasteiger partial charge in [0.15, 0.2) is 5.78 Å². The van der Waals surface area contributed by atoms with Gasteiger partial charge in [0.25, 0.3) is 0 Å². The van der Waals surface area contributed by atoms with Crippen LogP contribution in [0, 0.1) is 0 Å². The molecular weight excluding hydrogens is 246 g/mol. The van der Waals surface area contributed by atoms with Gasteiger partial charge in [0.05, 0.1) is 6.42 Å². The van der Waals surface area contributed by atoms with E-state index in [0.717, 1.165) is 18.8 Å². The Morgan fingerprint density at radius 3 is 2.89 bits per heavy atom. The van der Waals surface area contributed by atoms with Crippen molar-refractivity contribution >= 4 is 5.78 Å². The van der Waals surface area contributed by atoms with Crippen molar-refractivity contribution in [2.45, 2.75) is 44.8 Å². The fourth-order valence-corrected chi connectivity index (χ4v) is 2.43. The quantitative estimate of drug-likeness (QED) is 0.769. The van der Waals surface area contributed by atoms with Crippen LogP contribution in [-0.2, 0) is 27.2 Å². The Balaban J connectivity index is 2.08. The minimum atomic E-state index is -0.707. The van der Waals surface area contributed by atoms with Crippen LogP contribution in [0.25, 0.3) is 0 Å². The number of aryl methyl sites for hydroxylation is 1. The normalized spacial score (nSPS) is 18.4. The Morgan fingerprint density at radius 2 is 2.26 bits per heavy atom. The van der Waals surface area contributed by atoms with Crippen LogP contribution in [0.5, 0.6) is 0 Å². The lowest BCUT2D eigenvalue weighted by molar-refractivity contribution is -0.152. The van der Waals surface area contributed by atoms with Crippen LogP contribution in [0.15, 0.2) is 6.33 Å². The van der Waals surface area contributed by atoms with Gasteiger partial charge in [-0.15, -0.1) is 0 Å². The predicted octanol–water partition coefficient (Wildman–Crippen LogP) is 0.995. The molecule has 0 bridgehead atoms. The van der Waals surface area contributed by atoms with E-state index in [4.69, 9.17) is 9.47 Å². The zero-order chi connectivity index (χ0) is 13.7. The molecular formula is C13H21N3O3. The topological polar surface area (TPSA) is 66.2 Å². The van der Waals surface area contributed by atoms with Crippen molar-refractivity contribution in [2.75, 3.05) is 20.3 Å². The minimum absolute atomic E-state index is 0.0728. The first-order valence-electron chi connectivity index (χ1n) is 6.75. The second-order valence-electron chi connectivity index (χ2n) is 4.81. The van der Waals surface area contributed by atoms with Crippen molar-refractivity contribution in [3.8, 4) is 0 Å². The largest absolute Gasteiger partial charge is 0.381 e. The average Bonchev–Trinajstić information content (AvgIpc) is 2.87. The number of nitrogens with zero attached hydrogens (tertiary/aromatic N) is 3. The summed E-state index contributed by atoms with van der Waals surface area (Å²) in [5.41, 5.74) is -0.707. The number of hydrogen-bond acceptors (Lipinski definition) is 5. The molecule has 2 heterocycles. The van der Waals surface area contributed by atoms with Gasteiger partial charge >= 0.3 is 0 Å². The molecule has 1 saturated heterocycles. The first kappa shape index (κ1) is 14.1. The highest BCUT2D eigenvalue weighted by molar-refractivity contribution is 5.88. The zero-order valence-electron chi connectivity index (χ0n) is 11.6. The van der Waals surface area contributed by atoms with E-state index in [0.29, 0.717) is 26.1 Å². The lowest BCUT2D eigenvalue weighted by Crippen LogP contribution is -2.46. The molecule has 0 spiro atoms. The molecule has 0 atom stereocenters. The molecule has 0 radical (unpaired) electrons. The van der Waals surface area contributed by atoms with Gasteiger partial charge in [0, 0.05) is 39.7 Å². The van der Waals surface area contributed by atoms with E-state index in [9.17, 15) is 4.79 Å². The van der Waals surface area contributed by atoms with Gasteiger partial charge in [0.2, 0.25) is 0 Å². The second-order valence-corrected chi connectivity index (χ2v) is 4.81. The van der Waals surface area contributed by atoms with Crippen molar-refractivity contribution < 1.29 is 14.3 Å². The number of Topliss-reactive ketones (excluding diaryl/α,β-unsaturated/α-hetero) is 1. The summed E-state index contributed by atoms with van der Waals surface area (Å²) in [6, 6.07) is 0. The number of ether oxygens (including phenoxy) is 2. The van der Waals surface area contributed by atoms with E-state index in [1.807, 2.05) is 0 Å². The third-order valence-corrected chi connectivity index (χ3v) is 3.65. The Morgan fingerprint density at radius 1 is 1.53 bits per heavy atom. The summed E-state index contributed by atoms with van der Waals surface area (Å²) < 4.78 is 12.6. The lowest BCUT2D eigenvalue weighted by Gasteiger charge is -2.34. The van der Waals surface area contributed by atoms with Crippen LogP contribution in [0.1, 0.15) is 32.0 Å². The van der Waals surface area contributed by atoms with Gasteiger partial charge in [0.1, 0.15) is 17.8 Å². The first-order valence-corrected chi connectivity index (χ1v) is 6.75. The molecule has 1 aliphatic heterocycles. The number of carbonyl (C=O) groups excluding carboxylic acids is 1. The van der Waals surface area contributed by atoms with E-state index < -0.39 is 5.60 Å². The number of aromatic nitrogens is 3. The Bertz CT molecular complexity index is 425. The van der Waals surface area contributed by atoms with Gasteiger partial charge in [-0.25, -0.2) is 9.67 Å². The van der Waals surface area contributed by atoms with Crippen LogP contribution in [0.3, 0.4) is 0 Å². The average molecular weight is 267 g/mol. The van der Waals surface area contributed by atoms with Crippen LogP contribution in [0.2, 0.25) is 0 Å². The predicted molar refractivity (Wildman–Crippen MR) is 68.8 cm³/mol. The molecule has 1 fully saturated rings. The smallest absolute Gasteiger partial charge is 0.172 e. The van der Waals surface area contributed by atoms with Gasteiger partial charge in [-0.2, -0.15) is 5.10 Å². The number of hydrogen-bond donors (Lipinski definition) is 0. The summed E-state index contributed by atoms with van der Waals surface area (Å²) in [7, 11) is 1.60. The maximum Gasteiger partial charge on any atom is 0.172 e. The second kappa shape index (κ2) is 6.25. The molecule has 0 amide bonds. The maximum absolute atomic E-state index is 12.5. The van der Waals surface area contributed by atoms with E-state index in [2.05, 4.69) is 17.0 Å². The highest BCUT2D eigenvalue weighted by Crippen LogP contribution is 2.26. The van der Waals surface area contributed by atoms with Crippen molar-refractivity contribution in [1.82, 2.24) is 14.8 Å². The monoisotopic (exact) mass is 267 g/mol. The van der Waals surface area contributed by atoms with Crippen molar-refractivity contribution in [2.24, 2.45) is 0 Å². The Kier molecular flexibility index (Phi) is 4.66. The summed E-state index contributed by atoms with van der Waals surface area (Å²) in [5, 5.41) is 4.14. The molecule has 2 rings (SSSR count). The maximum atomic E-state index is 12.5. The fourth-order valence-electron chi connectivity index (χ4n) is 2.43.